The summed E-state index contributed by atoms with van der Waals surface area (Å²) in [6.07, 6.45) is 0. The molecule has 2 N–H and O–H groups in total. The van der Waals surface area contributed by atoms with Crippen molar-refractivity contribution in [3.8, 4) is 5.75 Å². The standard InChI is InChI=1S/C17H23BN2O3/c1-18(21)19-16-6-7-17(15-5-3-2-4-14(15)16)23-13-10-20-8-11-22-12-9-20/h2-7,19,21H,8-13H2,1H3. The number of benzene rings is 2. The van der Waals surface area contributed by atoms with Crippen molar-refractivity contribution in [2.75, 3.05) is 44.7 Å². The Morgan fingerprint density at radius 1 is 1.17 bits per heavy atom. The van der Waals surface area contributed by atoms with Gasteiger partial charge in [-0.25, -0.2) is 0 Å². The van der Waals surface area contributed by atoms with Gasteiger partial charge in [-0.1, -0.05) is 24.3 Å². The van der Waals surface area contributed by atoms with Gasteiger partial charge in [-0.2, -0.15) is 0 Å². The minimum absolute atomic E-state index is 0.591. The fraction of sp³-hybridized carbons (Fsp3) is 0.412. The summed E-state index contributed by atoms with van der Waals surface area (Å²) < 4.78 is 11.4. The molecule has 23 heavy (non-hydrogen) atoms. The molecule has 1 heterocycles. The van der Waals surface area contributed by atoms with Crippen molar-refractivity contribution < 1.29 is 14.5 Å². The molecule has 0 radical (unpaired) electrons. The summed E-state index contributed by atoms with van der Waals surface area (Å²) in [7, 11) is -0.591. The first-order chi connectivity index (χ1) is 11.2. The molecule has 3 rings (SSSR count). The maximum atomic E-state index is 9.56. The maximum absolute atomic E-state index is 9.56. The van der Waals surface area contributed by atoms with Crippen molar-refractivity contribution in [2.24, 2.45) is 0 Å². The minimum Gasteiger partial charge on any atom is -0.492 e. The molecule has 6 heteroatoms. The van der Waals surface area contributed by atoms with Gasteiger partial charge in [0.05, 0.1) is 13.2 Å². The molecule has 0 saturated carbocycles. The molecule has 0 bridgehead atoms. The topological polar surface area (TPSA) is 54.0 Å². The Bertz CT molecular complexity index is 645. The molecular weight excluding hydrogens is 291 g/mol. The monoisotopic (exact) mass is 314 g/mol. The summed E-state index contributed by atoms with van der Waals surface area (Å²) in [6.45, 7) is 6.84. The zero-order chi connectivity index (χ0) is 16.1. The summed E-state index contributed by atoms with van der Waals surface area (Å²) in [4.78, 5) is 2.36. The molecular formula is C17H23BN2O3. The van der Waals surface area contributed by atoms with Gasteiger partial charge in [0.25, 0.3) is 0 Å². The summed E-state index contributed by atoms with van der Waals surface area (Å²) in [5, 5.41) is 14.7. The van der Waals surface area contributed by atoms with Crippen molar-refractivity contribution in [3.63, 3.8) is 0 Å². The Balaban J connectivity index is 1.70. The van der Waals surface area contributed by atoms with Crippen LogP contribution in [-0.4, -0.2) is 56.4 Å². The van der Waals surface area contributed by atoms with Gasteiger partial charge in [0.1, 0.15) is 12.4 Å². The Labute approximate surface area is 137 Å². The Morgan fingerprint density at radius 3 is 2.65 bits per heavy atom. The zero-order valence-electron chi connectivity index (χ0n) is 13.5. The number of fused-ring (bicyclic) bond motifs is 1. The van der Waals surface area contributed by atoms with E-state index < -0.39 is 7.05 Å². The van der Waals surface area contributed by atoms with E-state index in [1.54, 1.807) is 6.82 Å². The quantitative estimate of drug-likeness (QED) is 0.800. The number of hydrogen-bond donors (Lipinski definition) is 2. The second-order valence-corrected chi connectivity index (χ2v) is 5.78. The van der Waals surface area contributed by atoms with Gasteiger partial charge in [-0.15, -0.1) is 0 Å². The van der Waals surface area contributed by atoms with Crippen LogP contribution in [0.25, 0.3) is 10.8 Å². The normalized spacial score (nSPS) is 15.6. The number of nitrogens with zero attached hydrogens (tertiary/aromatic N) is 1. The van der Waals surface area contributed by atoms with E-state index in [4.69, 9.17) is 9.47 Å². The van der Waals surface area contributed by atoms with Crippen LogP contribution < -0.4 is 9.96 Å². The summed E-state index contributed by atoms with van der Waals surface area (Å²) in [5.74, 6) is 0.880. The molecule has 1 saturated heterocycles. The van der Waals surface area contributed by atoms with Crippen LogP contribution in [0.15, 0.2) is 36.4 Å². The lowest BCUT2D eigenvalue weighted by Crippen LogP contribution is -2.38. The lowest BCUT2D eigenvalue weighted by Gasteiger charge is -2.26. The van der Waals surface area contributed by atoms with Gasteiger partial charge in [-0.05, 0) is 19.0 Å². The molecule has 0 aromatic heterocycles. The molecule has 5 nitrogen and oxygen atoms in total. The molecule has 0 atom stereocenters. The van der Waals surface area contributed by atoms with E-state index >= 15 is 0 Å². The molecule has 1 aliphatic rings. The highest BCUT2D eigenvalue weighted by Gasteiger charge is 2.12. The lowest BCUT2D eigenvalue weighted by atomic mass is 9.87. The number of morpholine rings is 1. The van der Waals surface area contributed by atoms with E-state index in [0.29, 0.717) is 6.61 Å². The summed E-state index contributed by atoms with van der Waals surface area (Å²) in [6, 6.07) is 12.0. The third-order valence-electron chi connectivity index (χ3n) is 4.02. The smallest absolute Gasteiger partial charge is 0.406 e. The van der Waals surface area contributed by atoms with Gasteiger partial charge >= 0.3 is 7.05 Å². The van der Waals surface area contributed by atoms with Crippen LogP contribution in [0.2, 0.25) is 6.82 Å². The molecule has 122 valence electrons. The van der Waals surface area contributed by atoms with Crippen molar-refractivity contribution >= 4 is 23.5 Å². The first-order valence-corrected chi connectivity index (χ1v) is 8.13. The fourth-order valence-corrected chi connectivity index (χ4v) is 2.86. The highest BCUT2D eigenvalue weighted by molar-refractivity contribution is 6.53. The van der Waals surface area contributed by atoms with Gasteiger partial charge in [0.2, 0.25) is 0 Å². The van der Waals surface area contributed by atoms with Crippen LogP contribution in [0.5, 0.6) is 5.75 Å². The van der Waals surface area contributed by atoms with E-state index in [1.165, 1.54) is 0 Å². The Hall–Kier alpha value is -1.76. The van der Waals surface area contributed by atoms with Crippen molar-refractivity contribution in [3.05, 3.63) is 36.4 Å². The molecule has 2 aromatic rings. The largest absolute Gasteiger partial charge is 0.492 e. The first-order valence-electron chi connectivity index (χ1n) is 8.13. The van der Waals surface area contributed by atoms with E-state index in [-0.39, 0.29) is 0 Å². The Morgan fingerprint density at radius 2 is 1.91 bits per heavy atom. The van der Waals surface area contributed by atoms with Gasteiger partial charge < -0.3 is 19.7 Å². The van der Waals surface area contributed by atoms with E-state index in [1.807, 2.05) is 36.4 Å². The molecule has 0 aliphatic carbocycles. The molecule has 1 aliphatic heterocycles. The second kappa shape index (κ2) is 7.68. The molecule has 2 aromatic carbocycles. The fourth-order valence-electron chi connectivity index (χ4n) is 2.86. The predicted molar refractivity (Wildman–Crippen MR) is 94.2 cm³/mol. The van der Waals surface area contributed by atoms with Crippen LogP contribution >= 0.6 is 0 Å². The number of anilines is 1. The van der Waals surface area contributed by atoms with Crippen LogP contribution in [0.3, 0.4) is 0 Å². The number of ether oxygens (including phenoxy) is 2. The zero-order valence-corrected chi connectivity index (χ0v) is 13.5. The van der Waals surface area contributed by atoms with Gasteiger partial charge in [0, 0.05) is 36.1 Å². The second-order valence-electron chi connectivity index (χ2n) is 5.78. The summed E-state index contributed by atoms with van der Waals surface area (Å²) >= 11 is 0. The van der Waals surface area contributed by atoms with Crippen LogP contribution in [0.4, 0.5) is 5.69 Å². The lowest BCUT2D eigenvalue weighted by molar-refractivity contribution is 0.0323. The predicted octanol–water partition coefficient (Wildman–Crippen LogP) is 2.07. The minimum atomic E-state index is -0.591. The van der Waals surface area contributed by atoms with Crippen LogP contribution in [0, 0.1) is 0 Å². The highest BCUT2D eigenvalue weighted by Crippen LogP contribution is 2.31. The van der Waals surface area contributed by atoms with Crippen molar-refractivity contribution in [2.45, 2.75) is 6.82 Å². The van der Waals surface area contributed by atoms with Crippen LogP contribution in [0.1, 0.15) is 0 Å². The van der Waals surface area contributed by atoms with Crippen LogP contribution in [-0.2, 0) is 4.74 Å². The molecule has 0 unspecified atom stereocenters. The van der Waals surface area contributed by atoms with E-state index in [2.05, 4.69) is 10.1 Å². The average molecular weight is 314 g/mol. The number of rotatable bonds is 6. The van der Waals surface area contributed by atoms with Crippen molar-refractivity contribution in [1.29, 1.82) is 0 Å². The summed E-state index contributed by atoms with van der Waals surface area (Å²) in [5.41, 5.74) is 0.913. The average Bonchev–Trinajstić information content (AvgIpc) is 2.57. The third kappa shape index (κ3) is 4.16. The highest BCUT2D eigenvalue weighted by atomic mass is 16.5. The number of nitrogens with one attached hydrogen (secondary N) is 1. The molecule has 1 fully saturated rings. The third-order valence-corrected chi connectivity index (χ3v) is 4.02. The van der Waals surface area contributed by atoms with Gasteiger partial charge in [0.15, 0.2) is 0 Å². The van der Waals surface area contributed by atoms with Gasteiger partial charge in [-0.3, -0.25) is 4.90 Å². The number of hydrogen-bond acceptors (Lipinski definition) is 5. The van der Waals surface area contributed by atoms with E-state index in [9.17, 15) is 5.02 Å². The first kappa shape index (κ1) is 16.1. The molecule has 0 spiro atoms. The van der Waals surface area contributed by atoms with Crippen molar-refractivity contribution in [1.82, 2.24) is 4.90 Å². The molecule has 0 amide bonds. The Kier molecular flexibility index (Phi) is 5.38. The SMILES string of the molecule is CB(O)Nc1ccc(OCCN2CCOCC2)c2ccccc12. The van der Waals surface area contributed by atoms with E-state index in [0.717, 1.165) is 55.1 Å². The maximum Gasteiger partial charge on any atom is 0.406 e.